The predicted octanol–water partition coefficient (Wildman–Crippen LogP) is 2.93. The van der Waals surface area contributed by atoms with Gasteiger partial charge >= 0.3 is 0 Å². The molecule has 6 heteroatoms. The highest BCUT2D eigenvalue weighted by Gasteiger charge is 2.22. The molecule has 17 heavy (non-hydrogen) atoms. The second-order valence-electron chi connectivity index (χ2n) is 3.88. The number of halogens is 3. The van der Waals surface area contributed by atoms with Crippen LogP contribution in [0.4, 0.5) is 10.1 Å². The predicted molar refractivity (Wildman–Crippen MR) is 68.8 cm³/mol. The summed E-state index contributed by atoms with van der Waals surface area (Å²) in [4.78, 5) is 11.8. The molecule has 0 saturated carbocycles. The summed E-state index contributed by atoms with van der Waals surface area (Å²) < 4.78 is 13.4. The van der Waals surface area contributed by atoms with E-state index in [1.54, 1.807) is 0 Å². The maximum absolute atomic E-state index is 13.1. The molecule has 0 spiro atoms. The zero-order valence-corrected chi connectivity index (χ0v) is 11.2. The lowest BCUT2D eigenvalue weighted by atomic mass is 10.2. The minimum absolute atomic E-state index is 0.136. The van der Waals surface area contributed by atoms with Crippen LogP contribution in [0.3, 0.4) is 0 Å². The molecule has 2 N–H and O–H groups in total. The van der Waals surface area contributed by atoms with Crippen molar-refractivity contribution in [2.24, 2.45) is 0 Å². The van der Waals surface area contributed by atoms with Crippen molar-refractivity contribution < 1.29 is 9.18 Å². The lowest BCUT2D eigenvalue weighted by Crippen LogP contribution is -2.35. The average Bonchev–Trinajstić information content (AvgIpc) is 2.79. The zero-order valence-electron chi connectivity index (χ0n) is 8.90. The molecule has 1 amide bonds. The standard InChI is InChI=1S/C11H11BrClFN2O/c12-6-4-10(7(13)5-8(6)14)16-11(17)9-2-1-3-15-9/h4-5,9,15H,1-3H2,(H,16,17)/t9-/m1/s1. The molecule has 1 saturated heterocycles. The number of carbonyl (C=O) groups excluding carboxylic acids is 1. The molecule has 1 atom stereocenters. The molecule has 1 fully saturated rings. The molecule has 1 heterocycles. The van der Waals surface area contributed by atoms with Gasteiger partial charge in [0.2, 0.25) is 5.91 Å². The van der Waals surface area contributed by atoms with Crippen molar-refractivity contribution in [1.29, 1.82) is 0 Å². The highest BCUT2D eigenvalue weighted by Crippen LogP contribution is 2.28. The van der Waals surface area contributed by atoms with Crippen LogP contribution in [0.1, 0.15) is 12.8 Å². The monoisotopic (exact) mass is 320 g/mol. The van der Waals surface area contributed by atoms with Gasteiger partial charge in [0, 0.05) is 0 Å². The highest BCUT2D eigenvalue weighted by atomic mass is 79.9. The van der Waals surface area contributed by atoms with Crippen LogP contribution in [0, 0.1) is 5.82 Å². The van der Waals surface area contributed by atoms with E-state index in [9.17, 15) is 9.18 Å². The fourth-order valence-corrected chi connectivity index (χ4v) is 2.29. The van der Waals surface area contributed by atoms with Gasteiger partial charge in [-0.2, -0.15) is 0 Å². The van der Waals surface area contributed by atoms with Gasteiger partial charge in [-0.15, -0.1) is 0 Å². The summed E-state index contributed by atoms with van der Waals surface area (Å²) in [6.45, 7) is 0.846. The Morgan fingerprint density at radius 1 is 1.59 bits per heavy atom. The summed E-state index contributed by atoms with van der Waals surface area (Å²) >= 11 is 8.91. The summed E-state index contributed by atoms with van der Waals surface area (Å²) in [6, 6.07) is 2.45. The number of nitrogens with one attached hydrogen (secondary N) is 2. The number of carbonyl (C=O) groups is 1. The Morgan fingerprint density at radius 3 is 3.00 bits per heavy atom. The molecular weight excluding hydrogens is 310 g/mol. The van der Waals surface area contributed by atoms with E-state index < -0.39 is 5.82 Å². The van der Waals surface area contributed by atoms with Crippen LogP contribution in [0.5, 0.6) is 0 Å². The molecule has 0 radical (unpaired) electrons. The second-order valence-corrected chi connectivity index (χ2v) is 5.15. The van der Waals surface area contributed by atoms with E-state index in [4.69, 9.17) is 11.6 Å². The smallest absolute Gasteiger partial charge is 0.241 e. The summed E-state index contributed by atoms with van der Waals surface area (Å²) in [5, 5.41) is 5.96. The molecule has 1 aliphatic rings. The van der Waals surface area contributed by atoms with E-state index in [0.29, 0.717) is 5.69 Å². The van der Waals surface area contributed by atoms with Crippen molar-refractivity contribution in [1.82, 2.24) is 5.32 Å². The first kappa shape index (κ1) is 12.8. The van der Waals surface area contributed by atoms with Crippen molar-refractivity contribution in [2.45, 2.75) is 18.9 Å². The summed E-state index contributed by atoms with van der Waals surface area (Å²) in [5.41, 5.74) is 0.415. The van der Waals surface area contributed by atoms with Crippen LogP contribution in [-0.2, 0) is 4.79 Å². The third-order valence-corrected chi connectivity index (χ3v) is 3.57. The molecule has 1 aromatic rings. The lowest BCUT2D eigenvalue weighted by molar-refractivity contribution is -0.117. The molecule has 0 bridgehead atoms. The Labute approximate surface area is 112 Å². The first-order valence-electron chi connectivity index (χ1n) is 5.26. The largest absolute Gasteiger partial charge is 0.323 e. The van der Waals surface area contributed by atoms with Crippen LogP contribution >= 0.6 is 27.5 Å². The topological polar surface area (TPSA) is 41.1 Å². The van der Waals surface area contributed by atoms with E-state index in [1.165, 1.54) is 12.1 Å². The van der Waals surface area contributed by atoms with Gasteiger partial charge in [0.1, 0.15) is 5.82 Å². The number of anilines is 1. The molecule has 92 valence electrons. The van der Waals surface area contributed by atoms with Crippen LogP contribution in [0.2, 0.25) is 5.02 Å². The van der Waals surface area contributed by atoms with Gasteiger partial charge in [0.25, 0.3) is 0 Å². The fraction of sp³-hybridized carbons (Fsp3) is 0.364. The Hall–Kier alpha value is -0.650. The van der Waals surface area contributed by atoms with Gasteiger partial charge in [0.15, 0.2) is 0 Å². The van der Waals surface area contributed by atoms with Gasteiger partial charge in [-0.25, -0.2) is 4.39 Å². The number of benzene rings is 1. The average molecular weight is 322 g/mol. The summed E-state index contributed by atoms with van der Waals surface area (Å²) in [6.07, 6.45) is 1.80. The van der Waals surface area contributed by atoms with Gasteiger partial charge < -0.3 is 10.6 Å². The van der Waals surface area contributed by atoms with Crippen LogP contribution in [0.25, 0.3) is 0 Å². The summed E-state index contributed by atoms with van der Waals surface area (Å²) in [5.74, 6) is -0.588. The Morgan fingerprint density at radius 2 is 2.35 bits per heavy atom. The van der Waals surface area contributed by atoms with Gasteiger partial charge in [-0.1, -0.05) is 11.6 Å². The van der Waals surface area contributed by atoms with Crippen molar-refractivity contribution in [2.75, 3.05) is 11.9 Å². The first-order chi connectivity index (χ1) is 8.08. The van der Waals surface area contributed by atoms with Gasteiger partial charge in [-0.05, 0) is 47.4 Å². The third-order valence-electron chi connectivity index (χ3n) is 2.64. The molecule has 1 aromatic carbocycles. The van der Waals surface area contributed by atoms with Gasteiger partial charge in [-0.3, -0.25) is 4.79 Å². The number of hydrogen-bond acceptors (Lipinski definition) is 2. The molecular formula is C11H11BrClFN2O. The van der Waals surface area contributed by atoms with E-state index in [1.807, 2.05) is 0 Å². The molecule has 1 aliphatic heterocycles. The van der Waals surface area contributed by atoms with Crippen LogP contribution in [0.15, 0.2) is 16.6 Å². The van der Waals surface area contributed by atoms with Crippen molar-refractivity contribution in [3.05, 3.63) is 27.4 Å². The maximum Gasteiger partial charge on any atom is 0.241 e. The summed E-state index contributed by atoms with van der Waals surface area (Å²) in [7, 11) is 0. The van der Waals surface area contributed by atoms with Crippen molar-refractivity contribution in [3.8, 4) is 0 Å². The van der Waals surface area contributed by atoms with Crippen molar-refractivity contribution in [3.63, 3.8) is 0 Å². The molecule has 3 nitrogen and oxygen atoms in total. The second kappa shape index (κ2) is 5.33. The third kappa shape index (κ3) is 2.97. The minimum Gasteiger partial charge on any atom is -0.323 e. The van der Waals surface area contributed by atoms with E-state index in [0.717, 1.165) is 19.4 Å². The normalized spacial score (nSPS) is 19.4. The molecule has 0 aliphatic carbocycles. The Bertz CT molecular complexity index is 449. The van der Waals surface area contributed by atoms with E-state index >= 15 is 0 Å². The Kier molecular flexibility index (Phi) is 4.01. The SMILES string of the molecule is O=C(Nc1cc(Br)c(F)cc1Cl)[C@H]1CCCN1. The van der Waals surface area contributed by atoms with E-state index in [2.05, 4.69) is 26.6 Å². The first-order valence-corrected chi connectivity index (χ1v) is 6.44. The van der Waals surface area contributed by atoms with Crippen LogP contribution in [-0.4, -0.2) is 18.5 Å². The number of hydrogen-bond donors (Lipinski definition) is 2. The van der Waals surface area contributed by atoms with Crippen LogP contribution < -0.4 is 10.6 Å². The quantitative estimate of drug-likeness (QED) is 0.822. The van der Waals surface area contributed by atoms with E-state index in [-0.39, 0.29) is 21.4 Å². The fourth-order valence-electron chi connectivity index (χ4n) is 1.75. The number of rotatable bonds is 2. The Balaban J connectivity index is 2.12. The van der Waals surface area contributed by atoms with Gasteiger partial charge in [0.05, 0.1) is 21.2 Å². The maximum atomic E-state index is 13.1. The molecule has 2 rings (SSSR count). The minimum atomic E-state index is -0.452. The lowest BCUT2D eigenvalue weighted by Gasteiger charge is -2.12. The molecule has 0 unspecified atom stereocenters. The highest BCUT2D eigenvalue weighted by molar-refractivity contribution is 9.10. The van der Waals surface area contributed by atoms with Crippen molar-refractivity contribution >= 4 is 39.1 Å². The molecule has 0 aromatic heterocycles. The number of amides is 1. The zero-order chi connectivity index (χ0) is 12.4.